The van der Waals surface area contributed by atoms with E-state index in [4.69, 9.17) is 0 Å². The molecule has 4 nitrogen and oxygen atoms in total. The first kappa shape index (κ1) is 11.6. The first-order valence-corrected chi connectivity index (χ1v) is 6.25. The van der Waals surface area contributed by atoms with Crippen molar-refractivity contribution in [1.29, 1.82) is 0 Å². The third-order valence-electron chi connectivity index (χ3n) is 3.27. The van der Waals surface area contributed by atoms with Gasteiger partial charge in [0, 0.05) is 45.0 Å². The highest BCUT2D eigenvalue weighted by Crippen LogP contribution is 2.10. The lowest BCUT2D eigenvalue weighted by Gasteiger charge is -2.33. The van der Waals surface area contributed by atoms with E-state index in [9.17, 15) is 0 Å². The molecule has 2 rings (SSSR count). The fourth-order valence-electron chi connectivity index (χ4n) is 2.25. The molecule has 0 aliphatic carbocycles. The molecular formula is C12H22N4. The van der Waals surface area contributed by atoms with Crippen LogP contribution in [0.25, 0.3) is 0 Å². The van der Waals surface area contributed by atoms with Crippen molar-refractivity contribution in [2.45, 2.75) is 39.4 Å². The lowest BCUT2D eigenvalue weighted by Crippen LogP contribution is -2.49. The van der Waals surface area contributed by atoms with Crippen LogP contribution in [0.2, 0.25) is 0 Å². The Hall–Kier alpha value is -0.870. The van der Waals surface area contributed by atoms with Gasteiger partial charge in [-0.3, -0.25) is 4.90 Å². The molecule has 0 unspecified atom stereocenters. The zero-order valence-corrected chi connectivity index (χ0v) is 10.3. The van der Waals surface area contributed by atoms with Crippen molar-refractivity contribution in [3.8, 4) is 0 Å². The minimum atomic E-state index is 0.624. The van der Waals surface area contributed by atoms with Gasteiger partial charge in [0.05, 0.1) is 12.0 Å². The van der Waals surface area contributed by atoms with Gasteiger partial charge < -0.3 is 9.88 Å². The highest BCUT2D eigenvalue weighted by molar-refractivity contribution is 4.99. The van der Waals surface area contributed by atoms with Crippen LogP contribution in [0.4, 0.5) is 0 Å². The second kappa shape index (κ2) is 5.46. The predicted molar refractivity (Wildman–Crippen MR) is 65.3 cm³/mol. The van der Waals surface area contributed by atoms with E-state index in [0.717, 1.165) is 32.7 Å². The highest BCUT2D eigenvalue weighted by atomic mass is 15.2. The number of rotatable bonds is 4. The minimum absolute atomic E-state index is 0.624. The molecule has 0 spiro atoms. The van der Waals surface area contributed by atoms with E-state index in [1.54, 1.807) is 0 Å². The lowest BCUT2D eigenvalue weighted by molar-refractivity contribution is 0.162. The van der Waals surface area contributed by atoms with Gasteiger partial charge in [-0.05, 0) is 13.3 Å². The van der Waals surface area contributed by atoms with E-state index in [2.05, 4.69) is 33.6 Å². The fourth-order valence-corrected chi connectivity index (χ4v) is 2.25. The van der Waals surface area contributed by atoms with Crippen LogP contribution in [0.1, 0.15) is 26.0 Å². The average molecular weight is 222 g/mol. The van der Waals surface area contributed by atoms with Crippen LogP contribution in [0, 0.1) is 0 Å². The molecule has 1 aromatic heterocycles. The van der Waals surface area contributed by atoms with Gasteiger partial charge in [-0.2, -0.15) is 0 Å². The molecule has 0 amide bonds. The highest BCUT2D eigenvalue weighted by Gasteiger charge is 2.18. The van der Waals surface area contributed by atoms with Crippen molar-refractivity contribution in [3.63, 3.8) is 0 Å². The van der Waals surface area contributed by atoms with Gasteiger partial charge in [-0.25, -0.2) is 4.98 Å². The van der Waals surface area contributed by atoms with Crippen LogP contribution in [-0.2, 0) is 13.1 Å². The van der Waals surface area contributed by atoms with E-state index in [-0.39, 0.29) is 0 Å². The van der Waals surface area contributed by atoms with Gasteiger partial charge >= 0.3 is 0 Å². The first-order valence-electron chi connectivity index (χ1n) is 6.25. The number of piperazine rings is 1. The Bertz CT molecular complexity index is 321. The maximum Gasteiger partial charge on any atom is 0.0948 e. The fraction of sp³-hybridized carbons (Fsp3) is 0.750. The topological polar surface area (TPSA) is 33.1 Å². The maximum absolute atomic E-state index is 4.25. The summed E-state index contributed by atoms with van der Waals surface area (Å²) in [5.74, 6) is 0. The summed E-state index contributed by atoms with van der Waals surface area (Å²) >= 11 is 0. The molecule has 1 fully saturated rings. The van der Waals surface area contributed by atoms with Crippen molar-refractivity contribution in [1.82, 2.24) is 19.8 Å². The Morgan fingerprint density at radius 2 is 2.44 bits per heavy atom. The predicted octanol–water partition coefficient (Wildman–Crippen LogP) is 1.09. The quantitative estimate of drug-likeness (QED) is 0.828. The van der Waals surface area contributed by atoms with E-state index in [1.165, 1.54) is 12.1 Å². The van der Waals surface area contributed by atoms with Crippen LogP contribution in [0.15, 0.2) is 12.5 Å². The van der Waals surface area contributed by atoms with Crippen molar-refractivity contribution in [3.05, 3.63) is 18.2 Å². The van der Waals surface area contributed by atoms with Gasteiger partial charge in [-0.15, -0.1) is 0 Å². The Kier molecular flexibility index (Phi) is 3.96. The number of nitrogens with zero attached hydrogens (tertiary/aromatic N) is 3. The molecule has 4 heteroatoms. The second-order valence-corrected chi connectivity index (χ2v) is 4.60. The molecule has 1 aliphatic rings. The van der Waals surface area contributed by atoms with E-state index < -0.39 is 0 Å². The molecule has 1 saturated heterocycles. The SMILES string of the molecule is CCCn1cncc1CN1CCNC[C@@H]1C. The summed E-state index contributed by atoms with van der Waals surface area (Å²) in [6.45, 7) is 9.94. The van der Waals surface area contributed by atoms with Crippen molar-refractivity contribution in [2.75, 3.05) is 19.6 Å². The molecular weight excluding hydrogens is 200 g/mol. The molecule has 0 aromatic carbocycles. The monoisotopic (exact) mass is 222 g/mol. The number of hydrogen-bond donors (Lipinski definition) is 1. The first-order chi connectivity index (χ1) is 7.81. The van der Waals surface area contributed by atoms with E-state index in [1.807, 2.05) is 12.5 Å². The zero-order chi connectivity index (χ0) is 11.4. The molecule has 0 bridgehead atoms. The average Bonchev–Trinajstić information content (AvgIpc) is 2.70. The smallest absolute Gasteiger partial charge is 0.0948 e. The van der Waals surface area contributed by atoms with Crippen LogP contribution < -0.4 is 5.32 Å². The Labute approximate surface area is 97.7 Å². The Balaban J connectivity index is 1.99. The van der Waals surface area contributed by atoms with Crippen molar-refractivity contribution < 1.29 is 0 Å². The van der Waals surface area contributed by atoms with Crippen LogP contribution in [0.5, 0.6) is 0 Å². The number of aryl methyl sites for hydroxylation is 1. The number of aromatic nitrogens is 2. The molecule has 1 aromatic rings. The molecule has 0 radical (unpaired) electrons. The summed E-state index contributed by atoms with van der Waals surface area (Å²) in [6, 6.07) is 0.624. The molecule has 0 saturated carbocycles. The van der Waals surface area contributed by atoms with Gasteiger partial charge in [0.25, 0.3) is 0 Å². The molecule has 90 valence electrons. The van der Waals surface area contributed by atoms with Crippen molar-refractivity contribution in [2.24, 2.45) is 0 Å². The summed E-state index contributed by atoms with van der Waals surface area (Å²) in [4.78, 5) is 6.78. The minimum Gasteiger partial charge on any atom is -0.333 e. The molecule has 1 aliphatic heterocycles. The molecule has 2 heterocycles. The van der Waals surface area contributed by atoms with Gasteiger partial charge in [-0.1, -0.05) is 6.92 Å². The summed E-state index contributed by atoms with van der Waals surface area (Å²) in [6.07, 6.45) is 5.12. The maximum atomic E-state index is 4.25. The summed E-state index contributed by atoms with van der Waals surface area (Å²) < 4.78 is 2.27. The number of nitrogens with one attached hydrogen (secondary N) is 1. The Morgan fingerprint density at radius 1 is 1.56 bits per heavy atom. The summed E-state index contributed by atoms with van der Waals surface area (Å²) in [7, 11) is 0. The van der Waals surface area contributed by atoms with Gasteiger partial charge in [0.1, 0.15) is 0 Å². The summed E-state index contributed by atoms with van der Waals surface area (Å²) in [5.41, 5.74) is 1.34. The standard InChI is InChI=1S/C12H22N4/c1-3-5-16-10-14-8-12(16)9-15-6-4-13-7-11(15)2/h8,10-11,13H,3-7,9H2,1-2H3/t11-/m0/s1. The van der Waals surface area contributed by atoms with Gasteiger partial charge in [0.2, 0.25) is 0 Å². The lowest BCUT2D eigenvalue weighted by atomic mass is 10.2. The molecule has 1 N–H and O–H groups in total. The number of hydrogen-bond acceptors (Lipinski definition) is 3. The van der Waals surface area contributed by atoms with Crippen molar-refractivity contribution >= 4 is 0 Å². The zero-order valence-electron chi connectivity index (χ0n) is 10.3. The van der Waals surface area contributed by atoms with Gasteiger partial charge in [0.15, 0.2) is 0 Å². The third-order valence-corrected chi connectivity index (χ3v) is 3.27. The van der Waals surface area contributed by atoms with E-state index in [0.29, 0.717) is 6.04 Å². The molecule has 16 heavy (non-hydrogen) atoms. The summed E-state index contributed by atoms with van der Waals surface area (Å²) in [5, 5.41) is 3.42. The van der Waals surface area contributed by atoms with Crippen LogP contribution in [0.3, 0.4) is 0 Å². The normalized spacial score (nSPS) is 22.5. The Morgan fingerprint density at radius 3 is 3.19 bits per heavy atom. The van der Waals surface area contributed by atoms with Crippen LogP contribution in [-0.4, -0.2) is 40.1 Å². The third kappa shape index (κ3) is 2.62. The van der Waals surface area contributed by atoms with Crippen LogP contribution >= 0.6 is 0 Å². The van der Waals surface area contributed by atoms with E-state index >= 15 is 0 Å². The second-order valence-electron chi connectivity index (χ2n) is 4.60. The number of imidazole rings is 1. The molecule has 1 atom stereocenters. The largest absolute Gasteiger partial charge is 0.333 e.